The van der Waals surface area contributed by atoms with Crippen molar-refractivity contribution in [3.05, 3.63) is 35.2 Å². The zero-order chi connectivity index (χ0) is 22.5. The molecule has 1 aliphatic heterocycles. The summed E-state index contributed by atoms with van der Waals surface area (Å²) in [6.07, 6.45) is 6.09. The second kappa shape index (κ2) is 9.88. The lowest BCUT2D eigenvalue weighted by Crippen LogP contribution is -2.50. The standard InChI is InChI=1S/C22H29N7O3/c1-2-3-6-17(22(32)24-16-7-4-5-15(16)20-26-28-29-27-20)25-21(31)14-9-8-13-10-11-19(30)23-18(13)12-14/h8-9,12,15-17H,2-7,10-11H2,1H3,(H,23,30)(H,24,32)(H,25,31)(H,26,27,28,29)/t15-,16+,17+/m1/s1. The molecule has 1 aliphatic carbocycles. The van der Waals surface area contributed by atoms with Crippen LogP contribution in [0.4, 0.5) is 5.69 Å². The summed E-state index contributed by atoms with van der Waals surface area (Å²) < 4.78 is 0. The van der Waals surface area contributed by atoms with Crippen molar-refractivity contribution < 1.29 is 14.4 Å². The van der Waals surface area contributed by atoms with Gasteiger partial charge in [-0.25, -0.2) is 0 Å². The van der Waals surface area contributed by atoms with E-state index in [2.05, 4.69) is 36.6 Å². The number of hydrogen-bond donors (Lipinski definition) is 4. The van der Waals surface area contributed by atoms with Gasteiger partial charge in [0.2, 0.25) is 11.8 Å². The molecule has 0 unspecified atom stereocenters. The fraction of sp³-hybridized carbons (Fsp3) is 0.545. The van der Waals surface area contributed by atoms with E-state index in [0.29, 0.717) is 36.3 Å². The molecule has 0 bridgehead atoms. The van der Waals surface area contributed by atoms with Crippen molar-refractivity contribution in [3.8, 4) is 0 Å². The van der Waals surface area contributed by atoms with Gasteiger partial charge < -0.3 is 16.0 Å². The molecule has 0 saturated heterocycles. The second-order valence-corrected chi connectivity index (χ2v) is 8.51. The van der Waals surface area contributed by atoms with Gasteiger partial charge in [-0.1, -0.05) is 37.5 Å². The van der Waals surface area contributed by atoms with Gasteiger partial charge in [0.15, 0.2) is 5.82 Å². The van der Waals surface area contributed by atoms with Gasteiger partial charge in [-0.2, -0.15) is 5.21 Å². The minimum absolute atomic E-state index is 0.0180. The van der Waals surface area contributed by atoms with E-state index in [4.69, 9.17) is 0 Å². The van der Waals surface area contributed by atoms with Crippen molar-refractivity contribution in [2.75, 3.05) is 5.32 Å². The molecule has 10 nitrogen and oxygen atoms in total. The molecule has 170 valence electrons. The summed E-state index contributed by atoms with van der Waals surface area (Å²) in [5.74, 6) is 0.0500. The van der Waals surface area contributed by atoms with Gasteiger partial charge in [0.25, 0.3) is 5.91 Å². The topological polar surface area (TPSA) is 142 Å². The number of nitrogens with one attached hydrogen (secondary N) is 4. The number of aryl methyl sites for hydroxylation is 1. The van der Waals surface area contributed by atoms with Gasteiger partial charge in [-0.15, -0.1) is 10.2 Å². The fourth-order valence-electron chi connectivity index (χ4n) is 4.48. The fourth-order valence-corrected chi connectivity index (χ4v) is 4.48. The molecule has 2 heterocycles. The third-order valence-electron chi connectivity index (χ3n) is 6.27. The Kier molecular flexibility index (Phi) is 6.77. The van der Waals surface area contributed by atoms with E-state index < -0.39 is 6.04 Å². The number of hydrogen-bond acceptors (Lipinski definition) is 6. The van der Waals surface area contributed by atoms with Crippen LogP contribution in [0.1, 0.15) is 79.5 Å². The van der Waals surface area contributed by atoms with E-state index in [1.54, 1.807) is 12.1 Å². The molecule has 1 aromatic heterocycles. The highest BCUT2D eigenvalue weighted by Gasteiger charge is 2.34. The van der Waals surface area contributed by atoms with Crippen molar-refractivity contribution in [1.82, 2.24) is 31.3 Å². The number of unbranched alkanes of at least 4 members (excludes halogenated alkanes) is 1. The van der Waals surface area contributed by atoms with Crippen molar-refractivity contribution in [2.45, 2.75) is 76.3 Å². The van der Waals surface area contributed by atoms with E-state index in [1.807, 2.05) is 13.0 Å². The summed E-state index contributed by atoms with van der Waals surface area (Å²) in [7, 11) is 0. The summed E-state index contributed by atoms with van der Waals surface area (Å²) in [4.78, 5) is 37.7. The largest absolute Gasteiger partial charge is 0.351 e. The number of tetrazole rings is 1. The average Bonchev–Trinajstić information content (AvgIpc) is 3.47. The van der Waals surface area contributed by atoms with Crippen LogP contribution in [0, 0.1) is 0 Å². The molecule has 1 fully saturated rings. The Hall–Kier alpha value is -3.30. The molecule has 0 radical (unpaired) electrons. The summed E-state index contributed by atoms with van der Waals surface area (Å²) in [6, 6.07) is 4.56. The SMILES string of the molecule is CCCC[C@H](NC(=O)c1ccc2c(c1)NC(=O)CC2)C(=O)N[C@H]1CCC[C@H]1c1nn[nH]n1. The number of fused-ring (bicyclic) bond motifs is 1. The highest BCUT2D eigenvalue weighted by atomic mass is 16.2. The van der Waals surface area contributed by atoms with Crippen molar-refractivity contribution in [1.29, 1.82) is 0 Å². The van der Waals surface area contributed by atoms with E-state index in [0.717, 1.165) is 37.7 Å². The first-order valence-electron chi connectivity index (χ1n) is 11.3. The van der Waals surface area contributed by atoms with Crippen LogP contribution < -0.4 is 16.0 Å². The Morgan fingerprint density at radius 3 is 2.91 bits per heavy atom. The van der Waals surface area contributed by atoms with Crippen molar-refractivity contribution in [3.63, 3.8) is 0 Å². The number of rotatable bonds is 8. The van der Waals surface area contributed by atoms with Crippen LogP contribution >= 0.6 is 0 Å². The zero-order valence-corrected chi connectivity index (χ0v) is 18.2. The molecule has 2 aliphatic rings. The molecule has 4 N–H and O–H groups in total. The van der Waals surface area contributed by atoms with Crippen molar-refractivity contribution >= 4 is 23.4 Å². The Morgan fingerprint density at radius 2 is 2.12 bits per heavy atom. The highest BCUT2D eigenvalue weighted by molar-refractivity contribution is 6.00. The van der Waals surface area contributed by atoms with E-state index in [-0.39, 0.29) is 29.7 Å². The van der Waals surface area contributed by atoms with Crippen LogP contribution in [-0.4, -0.2) is 50.4 Å². The predicted octanol–water partition coefficient (Wildman–Crippen LogP) is 1.83. The number of carbonyl (C=O) groups is 3. The quantitative estimate of drug-likeness (QED) is 0.494. The molecule has 1 aromatic carbocycles. The van der Waals surface area contributed by atoms with Crippen LogP contribution in [0.3, 0.4) is 0 Å². The molecule has 2 aromatic rings. The monoisotopic (exact) mass is 439 g/mol. The van der Waals surface area contributed by atoms with Gasteiger partial charge in [-0.05, 0) is 43.4 Å². The van der Waals surface area contributed by atoms with E-state index in [9.17, 15) is 14.4 Å². The maximum Gasteiger partial charge on any atom is 0.252 e. The van der Waals surface area contributed by atoms with Crippen LogP contribution in [0.15, 0.2) is 18.2 Å². The highest BCUT2D eigenvalue weighted by Crippen LogP contribution is 2.32. The van der Waals surface area contributed by atoms with E-state index in [1.165, 1.54) is 0 Å². The van der Waals surface area contributed by atoms with Crippen LogP contribution in [0.2, 0.25) is 0 Å². The summed E-state index contributed by atoms with van der Waals surface area (Å²) in [5, 5.41) is 23.1. The lowest BCUT2D eigenvalue weighted by molar-refractivity contribution is -0.124. The molecule has 10 heteroatoms. The van der Waals surface area contributed by atoms with Gasteiger partial charge in [0.1, 0.15) is 6.04 Å². The number of aromatic amines is 1. The Labute approximate surface area is 186 Å². The molecule has 4 rings (SSSR count). The summed E-state index contributed by atoms with van der Waals surface area (Å²) in [5.41, 5.74) is 2.10. The minimum atomic E-state index is -0.639. The first-order valence-corrected chi connectivity index (χ1v) is 11.3. The number of anilines is 1. The van der Waals surface area contributed by atoms with Gasteiger partial charge in [-0.3, -0.25) is 14.4 Å². The molecule has 3 amide bonds. The summed E-state index contributed by atoms with van der Waals surface area (Å²) >= 11 is 0. The van der Waals surface area contributed by atoms with Gasteiger partial charge in [0, 0.05) is 29.6 Å². The number of amides is 3. The van der Waals surface area contributed by atoms with Crippen LogP contribution in [0.5, 0.6) is 0 Å². The molecular formula is C22H29N7O3. The van der Waals surface area contributed by atoms with Gasteiger partial charge >= 0.3 is 0 Å². The first kappa shape index (κ1) is 21.9. The third kappa shape index (κ3) is 4.95. The number of benzene rings is 1. The molecule has 0 spiro atoms. The number of aromatic nitrogens is 4. The van der Waals surface area contributed by atoms with Gasteiger partial charge in [0.05, 0.1) is 0 Å². The number of carbonyl (C=O) groups excluding carboxylic acids is 3. The molecule has 32 heavy (non-hydrogen) atoms. The zero-order valence-electron chi connectivity index (χ0n) is 18.2. The predicted molar refractivity (Wildman–Crippen MR) is 117 cm³/mol. The smallest absolute Gasteiger partial charge is 0.252 e. The molecule has 1 saturated carbocycles. The normalized spacial score (nSPS) is 20.8. The Balaban J connectivity index is 1.43. The number of H-pyrrole nitrogens is 1. The first-order chi connectivity index (χ1) is 15.5. The number of nitrogens with zero attached hydrogens (tertiary/aromatic N) is 3. The van der Waals surface area contributed by atoms with Crippen molar-refractivity contribution in [2.24, 2.45) is 0 Å². The molecule has 3 atom stereocenters. The minimum Gasteiger partial charge on any atom is -0.351 e. The Bertz CT molecular complexity index is 976. The molecular weight excluding hydrogens is 410 g/mol. The van der Waals surface area contributed by atoms with E-state index >= 15 is 0 Å². The maximum absolute atomic E-state index is 13.1. The maximum atomic E-state index is 13.1. The lowest BCUT2D eigenvalue weighted by Gasteiger charge is -2.24. The lowest BCUT2D eigenvalue weighted by atomic mass is 10.00. The Morgan fingerprint density at radius 1 is 1.25 bits per heavy atom. The van der Waals surface area contributed by atoms with Crippen LogP contribution in [0.25, 0.3) is 0 Å². The summed E-state index contributed by atoms with van der Waals surface area (Å²) in [6.45, 7) is 2.05. The van der Waals surface area contributed by atoms with Crippen LogP contribution in [-0.2, 0) is 16.0 Å². The third-order valence-corrected chi connectivity index (χ3v) is 6.27. The second-order valence-electron chi connectivity index (χ2n) is 8.51. The average molecular weight is 440 g/mol.